The van der Waals surface area contributed by atoms with E-state index < -0.39 is 0 Å². The molecule has 1 N–H and O–H groups in total. The fourth-order valence-corrected chi connectivity index (χ4v) is 3.82. The molecule has 5 heteroatoms. The van der Waals surface area contributed by atoms with Gasteiger partial charge in [0.05, 0.1) is 6.61 Å². The lowest BCUT2D eigenvalue weighted by molar-refractivity contribution is 0.158. The molecule has 2 saturated heterocycles. The number of rotatable bonds is 6. The van der Waals surface area contributed by atoms with Crippen LogP contribution in [0.15, 0.2) is 4.99 Å². The average Bonchev–Trinajstić information content (AvgIpc) is 3.00. The lowest BCUT2D eigenvalue weighted by Crippen LogP contribution is -2.46. The normalized spacial score (nSPS) is 26.7. The number of nitrogens with one attached hydrogen (secondary N) is 1. The molecule has 0 spiro atoms. The summed E-state index contributed by atoms with van der Waals surface area (Å²) in [5.41, 5.74) is 0. The largest absolute Gasteiger partial charge is 0.381 e. The van der Waals surface area contributed by atoms with Crippen LogP contribution < -0.4 is 5.32 Å². The van der Waals surface area contributed by atoms with Crippen LogP contribution in [0.25, 0.3) is 0 Å². The van der Waals surface area contributed by atoms with E-state index in [1.807, 2.05) is 7.05 Å². The van der Waals surface area contributed by atoms with E-state index in [4.69, 9.17) is 4.74 Å². The van der Waals surface area contributed by atoms with Crippen LogP contribution in [0.1, 0.15) is 33.1 Å². The van der Waals surface area contributed by atoms with Gasteiger partial charge in [-0.3, -0.25) is 4.99 Å². The maximum atomic E-state index is 5.48. The Bertz CT molecular complexity index is 366. The number of likely N-dealkylation sites (tertiary alicyclic amines) is 1. The van der Waals surface area contributed by atoms with E-state index in [2.05, 4.69) is 41.0 Å². The number of hydrogen-bond acceptors (Lipinski definition) is 3. The summed E-state index contributed by atoms with van der Waals surface area (Å²) in [5.74, 6) is 3.17. The molecule has 2 heterocycles. The Morgan fingerprint density at radius 3 is 2.83 bits per heavy atom. The van der Waals surface area contributed by atoms with Crippen molar-refractivity contribution in [3.8, 4) is 0 Å². The number of hydrogen-bond donors (Lipinski definition) is 1. The smallest absolute Gasteiger partial charge is 0.193 e. The molecule has 0 aliphatic carbocycles. The van der Waals surface area contributed by atoms with Crippen LogP contribution in [-0.2, 0) is 4.74 Å². The second-order valence-electron chi connectivity index (χ2n) is 7.70. The maximum Gasteiger partial charge on any atom is 0.193 e. The Labute approximate surface area is 142 Å². The van der Waals surface area contributed by atoms with Gasteiger partial charge in [-0.25, -0.2) is 0 Å². The molecule has 0 saturated carbocycles. The van der Waals surface area contributed by atoms with Crippen LogP contribution in [-0.4, -0.2) is 75.8 Å². The molecule has 2 unspecified atom stereocenters. The second-order valence-corrected chi connectivity index (χ2v) is 7.70. The van der Waals surface area contributed by atoms with Crippen molar-refractivity contribution in [3.63, 3.8) is 0 Å². The van der Waals surface area contributed by atoms with Crippen LogP contribution in [0.3, 0.4) is 0 Å². The van der Waals surface area contributed by atoms with Crippen molar-refractivity contribution < 1.29 is 4.74 Å². The first-order chi connectivity index (χ1) is 11.1. The van der Waals surface area contributed by atoms with Gasteiger partial charge in [0.1, 0.15) is 0 Å². The monoisotopic (exact) mass is 324 g/mol. The molecule has 5 nitrogen and oxygen atoms in total. The maximum absolute atomic E-state index is 5.48. The first kappa shape index (κ1) is 18.5. The number of aliphatic imine (C=N–C) groups is 1. The number of piperidine rings is 1. The first-order valence-electron chi connectivity index (χ1n) is 9.30. The fraction of sp³-hybridized carbons (Fsp3) is 0.944. The third-order valence-electron chi connectivity index (χ3n) is 4.90. The van der Waals surface area contributed by atoms with Crippen LogP contribution >= 0.6 is 0 Å². The van der Waals surface area contributed by atoms with E-state index in [1.54, 1.807) is 0 Å². The zero-order chi connectivity index (χ0) is 16.7. The molecule has 134 valence electrons. The summed E-state index contributed by atoms with van der Waals surface area (Å²) in [5, 5.41) is 3.60. The highest BCUT2D eigenvalue weighted by Gasteiger charge is 2.22. The molecule has 0 aromatic heterocycles. The average molecular weight is 325 g/mol. The van der Waals surface area contributed by atoms with Gasteiger partial charge in [0.15, 0.2) is 5.96 Å². The van der Waals surface area contributed by atoms with Gasteiger partial charge in [-0.15, -0.1) is 0 Å². The summed E-state index contributed by atoms with van der Waals surface area (Å²) >= 11 is 0. The summed E-state index contributed by atoms with van der Waals surface area (Å²) in [4.78, 5) is 9.34. The van der Waals surface area contributed by atoms with Gasteiger partial charge in [0, 0.05) is 52.8 Å². The topological polar surface area (TPSA) is 40.1 Å². The molecule has 2 aliphatic rings. The van der Waals surface area contributed by atoms with Gasteiger partial charge in [-0.05, 0) is 37.6 Å². The van der Waals surface area contributed by atoms with Crippen LogP contribution in [0.4, 0.5) is 0 Å². The highest BCUT2D eigenvalue weighted by molar-refractivity contribution is 5.79. The summed E-state index contributed by atoms with van der Waals surface area (Å²) in [6.45, 7) is 12.2. The van der Waals surface area contributed by atoms with E-state index in [0.717, 1.165) is 44.1 Å². The summed E-state index contributed by atoms with van der Waals surface area (Å²) < 4.78 is 5.48. The summed E-state index contributed by atoms with van der Waals surface area (Å²) in [6, 6.07) is 0. The van der Waals surface area contributed by atoms with Crippen molar-refractivity contribution in [2.24, 2.45) is 22.7 Å². The second kappa shape index (κ2) is 9.48. The highest BCUT2D eigenvalue weighted by atomic mass is 16.5. The standard InChI is InChI=1S/C18H36N4O/c1-15(2)11-22-8-5-6-16(13-22)10-20-18(19-3)21(4)12-17-7-9-23-14-17/h15-17H,5-14H2,1-4H3,(H,19,20). The minimum atomic E-state index is 0.648. The van der Waals surface area contributed by atoms with Crippen molar-refractivity contribution in [1.29, 1.82) is 0 Å². The van der Waals surface area contributed by atoms with Crippen molar-refractivity contribution in [3.05, 3.63) is 0 Å². The molecule has 0 aromatic carbocycles. The zero-order valence-corrected chi connectivity index (χ0v) is 15.6. The molecule has 0 amide bonds. The minimum absolute atomic E-state index is 0.648. The Morgan fingerprint density at radius 1 is 1.35 bits per heavy atom. The molecule has 0 bridgehead atoms. The van der Waals surface area contributed by atoms with E-state index in [1.165, 1.54) is 38.9 Å². The fourth-order valence-electron chi connectivity index (χ4n) is 3.82. The SMILES string of the molecule is CN=C(NCC1CCCN(CC(C)C)C1)N(C)CC1CCOC1. The zero-order valence-electron chi connectivity index (χ0n) is 15.6. The predicted molar refractivity (Wildman–Crippen MR) is 96.9 cm³/mol. The minimum Gasteiger partial charge on any atom is -0.381 e. The van der Waals surface area contributed by atoms with E-state index in [9.17, 15) is 0 Å². The van der Waals surface area contributed by atoms with E-state index >= 15 is 0 Å². The van der Waals surface area contributed by atoms with Crippen molar-refractivity contribution in [2.45, 2.75) is 33.1 Å². The van der Waals surface area contributed by atoms with Gasteiger partial charge in [-0.1, -0.05) is 13.8 Å². The number of nitrogens with zero attached hydrogens (tertiary/aromatic N) is 3. The third-order valence-corrected chi connectivity index (χ3v) is 4.90. The van der Waals surface area contributed by atoms with E-state index in [0.29, 0.717) is 5.92 Å². The quantitative estimate of drug-likeness (QED) is 0.598. The van der Waals surface area contributed by atoms with Crippen molar-refractivity contribution >= 4 is 5.96 Å². The van der Waals surface area contributed by atoms with Gasteiger partial charge in [-0.2, -0.15) is 0 Å². The van der Waals surface area contributed by atoms with Gasteiger partial charge in [0.25, 0.3) is 0 Å². The predicted octanol–water partition coefficient (Wildman–Crippen LogP) is 1.90. The lowest BCUT2D eigenvalue weighted by atomic mass is 9.97. The molecule has 23 heavy (non-hydrogen) atoms. The molecular weight excluding hydrogens is 288 g/mol. The molecule has 2 rings (SSSR count). The lowest BCUT2D eigenvalue weighted by Gasteiger charge is -2.34. The molecule has 2 fully saturated rings. The van der Waals surface area contributed by atoms with Crippen molar-refractivity contribution in [1.82, 2.24) is 15.1 Å². The Morgan fingerprint density at radius 2 is 2.17 bits per heavy atom. The molecular formula is C18H36N4O. The number of guanidine groups is 1. The molecule has 0 aromatic rings. The number of ether oxygens (including phenoxy) is 1. The van der Waals surface area contributed by atoms with Gasteiger partial charge < -0.3 is 19.9 Å². The Hall–Kier alpha value is -0.810. The molecule has 2 atom stereocenters. The van der Waals surface area contributed by atoms with Gasteiger partial charge >= 0.3 is 0 Å². The third kappa shape index (κ3) is 6.30. The van der Waals surface area contributed by atoms with Crippen LogP contribution in [0.5, 0.6) is 0 Å². The summed E-state index contributed by atoms with van der Waals surface area (Å²) in [6.07, 6.45) is 3.83. The van der Waals surface area contributed by atoms with Crippen LogP contribution in [0, 0.1) is 17.8 Å². The van der Waals surface area contributed by atoms with Crippen molar-refractivity contribution in [2.75, 3.05) is 60.0 Å². The van der Waals surface area contributed by atoms with Gasteiger partial charge in [0.2, 0.25) is 0 Å². The first-order valence-corrected chi connectivity index (χ1v) is 9.30. The van der Waals surface area contributed by atoms with E-state index in [-0.39, 0.29) is 0 Å². The van der Waals surface area contributed by atoms with Crippen LogP contribution in [0.2, 0.25) is 0 Å². The molecule has 0 radical (unpaired) electrons. The Kier molecular flexibility index (Phi) is 7.63. The summed E-state index contributed by atoms with van der Waals surface area (Å²) in [7, 11) is 4.02. The Balaban J connectivity index is 1.73. The molecule has 2 aliphatic heterocycles. The highest BCUT2D eigenvalue weighted by Crippen LogP contribution is 2.17.